The fourth-order valence-electron chi connectivity index (χ4n) is 4.31. The Morgan fingerprint density at radius 3 is 2.65 bits per heavy atom. The van der Waals surface area contributed by atoms with E-state index in [1.54, 1.807) is 43.0 Å². The van der Waals surface area contributed by atoms with E-state index >= 15 is 0 Å². The van der Waals surface area contributed by atoms with Crippen molar-refractivity contribution >= 4 is 17.7 Å². The maximum Gasteiger partial charge on any atom is 0.240 e. The molecule has 1 aliphatic rings. The van der Waals surface area contributed by atoms with Gasteiger partial charge in [-0.25, -0.2) is 9.02 Å². The standard InChI is InChI=1S/C25H29FN4O3S/c1-16-11-18(5-10-24(16)32-4)13-30-14-21(34-20-8-6-19(26)7-9-20)12-23(30)25(31)29(3)15-22-17(2)27-33-28-22/h5-11,21,23H,12-15H2,1-4H3/t21-,23+/m1/s1. The van der Waals surface area contributed by atoms with Crippen molar-refractivity contribution in [3.8, 4) is 5.75 Å². The first-order valence-electron chi connectivity index (χ1n) is 11.2. The summed E-state index contributed by atoms with van der Waals surface area (Å²) < 4.78 is 23.5. The van der Waals surface area contributed by atoms with Crippen LogP contribution in [0.15, 0.2) is 52.0 Å². The van der Waals surface area contributed by atoms with Gasteiger partial charge in [0.05, 0.1) is 19.7 Å². The van der Waals surface area contributed by atoms with E-state index in [9.17, 15) is 9.18 Å². The number of rotatable bonds is 8. The number of nitrogens with zero attached hydrogens (tertiary/aromatic N) is 4. The molecule has 1 fully saturated rings. The molecule has 0 aliphatic carbocycles. The third-order valence-corrected chi connectivity index (χ3v) is 7.34. The Labute approximate surface area is 203 Å². The summed E-state index contributed by atoms with van der Waals surface area (Å²) >= 11 is 1.69. The van der Waals surface area contributed by atoms with Gasteiger partial charge in [-0.05, 0) is 61.7 Å². The van der Waals surface area contributed by atoms with Crippen molar-refractivity contribution in [1.82, 2.24) is 20.1 Å². The van der Waals surface area contributed by atoms with Crippen molar-refractivity contribution in [2.75, 3.05) is 20.7 Å². The molecular weight excluding hydrogens is 455 g/mol. The molecule has 1 aliphatic heterocycles. The van der Waals surface area contributed by atoms with Gasteiger partial charge in [-0.1, -0.05) is 22.4 Å². The van der Waals surface area contributed by atoms with Crippen LogP contribution in [-0.2, 0) is 17.9 Å². The molecule has 2 heterocycles. The van der Waals surface area contributed by atoms with Gasteiger partial charge >= 0.3 is 0 Å². The van der Waals surface area contributed by atoms with Gasteiger partial charge in [-0.2, -0.15) is 0 Å². The van der Waals surface area contributed by atoms with E-state index in [0.29, 0.717) is 30.9 Å². The zero-order chi connectivity index (χ0) is 24.2. The van der Waals surface area contributed by atoms with E-state index in [-0.39, 0.29) is 23.0 Å². The first kappa shape index (κ1) is 24.2. The molecule has 4 rings (SSSR count). The number of hydrogen-bond donors (Lipinski definition) is 0. The third kappa shape index (κ3) is 5.59. The van der Waals surface area contributed by atoms with E-state index in [0.717, 1.165) is 28.3 Å². The number of thioether (sulfide) groups is 1. The Morgan fingerprint density at radius 1 is 1.24 bits per heavy atom. The summed E-state index contributed by atoms with van der Waals surface area (Å²) in [6.45, 7) is 5.58. The van der Waals surface area contributed by atoms with Gasteiger partial charge in [0.15, 0.2) is 0 Å². The van der Waals surface area contributed by atoms with Crippen LogP contribution < -0.4 is 4.74 Å². The van der Waals surface area contributed by atoms with Crippen LogP contribution in [0.4, 0.5) is 4.39 Å². The average Bonchev–Trinajstić information content (AvgIpc) is 3.40. The molecule has 7 nitrogen and oxygen atoms in total. The fourth-order valence-corrected chi connectivity index (χ4v) is 5.53. The fraction of sp³-hybridized carbons (Fsp3) is 0.400. The molecule has 9 heteroatoms. The molecule has 180 valence electrons. The summed E-state index contributed by atoms with van der Waals surface area (Å²) in [7, 11) is 3.45. The highest BCUT2D eigenvalue weighted by Gasteiger charge is 2.38. The number of aromatic nitrogens is 2. The Balaban J connectivity index is 1.52. The van der Waals surface area contributed by atoms with Gasteiger partial charge in [-0.3, -0.25) is 9.69 Å². The lowest BCUT2D eigenvalue weighted by molar-refractivity contribution is -0.135. The lowest BCUT2D eigenvalue weighted by atomic mass is 10.1. The van der Waals surface area contributed by atoms with E-state index in [2.05, 4.69) is 21.3 Å². The second-order valence-corrected chi connectivity index (χ2v) is 10.0. The van der Waals surface area contributed by atoms with Crippen LogP contribution in [0.2, 0.25) is 0 Å². The van der Waals surface area contributed by atoms with Crippen LogP contribution in [-0.4, -0.2) is 58.0 Å². The molecule has 1 amide bonds. The highest BCUT2D eigenvalue weighted by Crippen LogP contribution is 2.35. The second kappa shape index (κ2) is 10.6. The predicted octanol–water partition coefficient (Wildman–Crippen LogP) is 4.23. The van der Waals surface area contributed by atoms with E-state index < -0.39 is 0 Å². The third-order valence-electron chi connectivity index (χ3n) is 6.12. The molecule has 0 spiro atoms. The predicted molar refractivity (Wildman–Crippen MR) is 128 cm³/mol. The highest BCUT2D eigenvalue weighted by molar-refractivity contribution is 8.00. The van der Waals surface area contributed by atoms with Gasteiger partial charge in [0, 0.05) is 30.3 Å². The molecule has 0 N–H and O–H groups in total. The number of carbonyl (C=O) groups excluding carboxylic acids is 1. The number of amides is 1. The molecule has 0 unspecified atom stereocenters. The SMILES string of the molecule is COc1ccc(CN2C[C@H](Sc3ccc(F)cc3)C[C@H]2C(=O)N(C)Cc2nonc2C)cc1C. The summed E-state index contributed by atoms with van der Waals surface area (Å²) in [5.41, 5.74) is 3.53. The van der Waals surface area contributed by atoms with E-state index in [1.807, 2.05) is 26.0 Å². The Kier molecular flexibility index (Phi) is 7.53. The second-order valence-electron chi connectivity index (χ2n) is 8.67. The zero-order valence-electron chi connectivity index (χ0n) is 19.8. The van der Waals surface area contributed by atoms with Crippen molar-refractivity contribution in [2.24, 2.45) is 0 Å². The maximum absolute atomic E-state index is 13.5. The molecule has 1 saturated heterocycles. The molecule has 34 heavy (non-hydrogen) atoms. The largest absolute Gasteiger partial charge is 0.496 e. The maximum atomic E-state index is 13.5. The zero-order valence-corrected chi connectivity index (χ0v) is 20.6. The van der Waals surface area contributed by atoms with Gasteiger partial charge in [0.25, 0.3) is 0 Å². The van der Waals surface area contributed by atoms with Crippen LogP contribution in [0.3, 0.4) is 0 Å². The molecule has 0 bridgehead atoms. The molecule has 1 aromatic heterocycles. The topological polar surface area (TPSA) is 71.7 Å². The van der Waals surface area contributed by atoms with Crippen molar-refractivity contribution in [1.29, 1.82) is 0 Å². The number of hydrogen-bond acceptors (Lipinski definition) is 7. The number of aryl methyl sites for hydroxylation is 2. The van der Waals surface area contributed by atoms with Crippen molar-refractivity contribution in [3.63, 3.8) is 0 Å². The molecule has 2 atom stereocenters. The number of methoxy groups -OCH3 is 1. The van der Waals surface area contributed by atoms with Crippen LogP contribution in [0.5, 0.6) is 5.75 Å². The van der Waals surface area contributed by atoms with Crippen molar-refractivity contribution < 1.29 is 18.6 Å². The van der Waals surface area contributed by atoms with Crippen LogP contribution in [0.25, 0.3) is 0 Å². The Morgan fingerprint density at radius 2 is 2.00 bits per heavy atom. The molecule has 2 aromatic carbocycles. The first-order chi connectivity index (χ1) is 16.3. The summed E-state index contributed by atoms with van der Waals surface area (Å²) in [5, 5.41) is 7.94. The number of halogens is 1. The minimum absolute atomic E-state index is 0.0369. The molecule has 0 radical (unpaired) electrons. The quantitative estimate of drug-likeness (QED) is 0.474. The molecule has 3 aromatic rings. The van der Waals surface area contributed by atoms with Gasteiger partial charge in [-0.15, -0.1) is 11.8 Å². The average molecular weight is 485 g/mol. The van der Waals surface area contributed by atoms with Gasteiger partial charge in [0.2, 0.25) is 5.91 Å². The Hall–Kier alpha value is -2.91. The Bertz CT molecular complexity index is 1140. The molecular formula is C25H29FN4O3S. The summed E-state index contributed by atoms with van der Waals surface area (Å²) in [6.07, 6.45) is 0.705. The number of benzene rings is 2. The van der Waals surface area contributed by atoms with Crippen molar-refractivity contribution in [3.05, 3.63) is 70.8 Å². The lowest BCUT2D eigenvalue weighted by Gasteiger charge is -2.27. The smallest absolute Gasteiger partial charge is 0.240 e. The summed E-state index contributed by atoms with van der Waals surface area (Å²) in [6, 6.07) is 12.4. The number of likely N-dealkylation sites (tertiary alicyclic amines) is 1. The van der Waals surface area contributed by atoms with E-state index in [4.69, 9.17) is 9.37 Å². The van der Waals surface area contributed by atoms with Crippen LogP contribution >= 0.6 is 11.8 Å². The number of carbonyl (C=O) groups is 1. The minimum Gasteiger partial charge on any atom is -0.496 e. The molecule has 0 saturated carbocycles. The van der Waals surface area contributed by atoms with Crippen LogP contribution in [0.1, 0.15) is 28.9 Å². The number of ether oxygens (including phenoxy) is 1. The van der Waals surface area contributed by atoms with Crippen molar-refractivity contribution in [2.45, 2.75) is 49.5 Å². The summed E-state index contributed by atoms with van der Waals surface area (Å²) in [4.78, 5) is 18.4. The monoisotopic (exact) mass is 484 g/mol. The van der Waals surface area contributed by atoms with E-state index in [1.165, 1.54) is 12.1 Å². The minimum atomic E-state index is -0.273. The normalized spacial score (nSPS) is 18.3. The number of likely N-dealkylation sites (N-methyl/N-ethyl adjacent to an activating group) is 1. The van der Waals surface area contributed by atoms with Crippen LogP contribution in [0, 0.1) is 19.7 Å². The lowest BCUT2D eigenvalue weighted by Crippen LogP contribution is -2.43. The summed E-state index contributed by atoms with van der Waals surface area (Å²) in [5.74, 6) is 0.633. The van der Waals surface area contributed by atoms with Gasteiger partial charge in [0.1, 0.15) is 23.0 Å². The van der Waals surface area contributed by atoms with Gasteiger partial charge < -0.3 is 9.64 Å². The first-order valence-corrected chi connectivity index (χ1v) is 12.0. The highest BCUT2D eigenvalue weighted by atomic mass is 32.2.